The molecular formula is C43H40BN5S2. The number of aromatic nitrogens is 5. The highest BCUT2D eigenvalue weighted by atomic mass is 32.1. The van der Waals surface area contributed by atoms with E-state index in [-0.39, 0.29) is 0 Å². The van der Waals surface area contributed by atoms with Crippen molar-refractivity contribution in [3.05, 3.63) is 151 Å². The number of nitrogens with zero attached hydrogens (tertiary/aromatic N) is 5. The van der Waals surface area contributed by atoms with E-state index in [2.05, 4.69) is 79.7 Å². The van der Waals surface area contributed by atoms with E-state index in [1.807, 2.05) is 81.5 Å². The molecule has 5 rings (SSSR count). The molecule has 0 bridgehead atoms. The Balaban J connectivity index is 1.62. The number of thiazole rings is 1. The van der Waals surface area contributed by atoms with E-state index >= 15 is 0 Å². The molecule has 0 unspecified atom stereocenters. The molecule has 51 heavy (non-hydrogen) atoms. The minimum Gasteiger partial charge on any atom is -0.322 e. The molecule has 0 aliphatic heterocycles. The van der Waals surface area contributed by atoms with Crippen LogP contribution in [0.2, 0.25) is 6.82 Å². The van der Waals surface area contributed by atoms with Gasteiger partial charge in [-0.2, -0.15) is 0 Å². The zero-order valence-corrected chi connectivity index (χ0v) is 31.1. The Bertz CT molecular complexity index is 2310. The number of rotatable bonds is 14. The monoisotopic (exact) mass is 701 g/mol. The first-order chi connectivity index (χ1) is 24.9. The fraction of sp³-hybridized carbons (Fsp3) is 0.0930. The van der Waals surface area contributed by atoms with Crippen molar-refractivity contribution in [2.24, 2.45) is 0 Å². The standard InChI is InChI=1S/C43H40BN5S2/c1-8-13-16-19-29(6)40-46-41(48-42(47-40)32(28-50)20-14-9-2)30-24-25-36-38(27-30)51-43(45-36)31-21-17-22-33(26-31)49-37(18-11-4)34(12-5)35(23-15-10-3)39(49)44-7/h8-28,44H,1,3,5H2,2,4,6-7H3/b14-9-,16-13-,18-11-,23-15-,29-19+,32-20+. The summed E-state index contributed by atoms with van der Waals surface area (Å²) >= 11 is 7.00. The van der Waals surface area contributed by atoms with E-state index in [9.17, 15) is 0 Å². The summed E-state index contributed by atoms with van der Waals surface area (Å²) in [5.74, 6) is 1.65. The molecule has 5 aromatic rings. The lowest BCUT2D eigenvalue weighted by atomic mass is 9.75. The summed E-state index contributed by atoms with van der Waals surface area (Å²) in [6.45, 7) is 19.9. The van der Waals surface area contributed by atoms with E-state index in [1.54, 1.807) is 28.9 Å². The van der Waals surface area contributed by atoms with Crippen LogP contribution >= 0.6 is 23.6 Å². The first-order valence-electron chi connectivity index (χ1n) is 16.8. The van der Waals surface area contributed by atoms with Gasteiger partial charge in [0.1, 0.15) is 5.01 Å². The molecule has 5 nitrogen and oxygen atoms in total. The highest BCUT2D eigenvalue weighted by molar-refractivity contribution is 7.79. The molecule has 0 saturated heterocycles. The SMILES string of the molecule is C=C/C=C\C=C(/C)c1nc(/C(C=S)=C/C=C\C)nc(-c2ccc3nc(-c4cccc(-n5c(BC)c(/C=C\C=C)c(C=C)c5/C=C\C)c4)sc3c2)n1. The van der Waals surface area contributed by atoms with E-state index in [1.165, 1.54) is 5.59 Å². The Morgan fingerprint density at radius 1 is 0.824 bits per heavy atom. The summed E-state index contributed by atoms with van der Waals surface area (Å²) in [7, 11) is 0.849. The molecular weight excluding hydrogens is 661 g/mol. The van der Waals surface area contributed by atoms with Crippen LogP contribution in [0.15, 0.2) is 123 Å². The molecule has 0 fully saturated rings. The van der Waals surface area contributed by atoms with Crippen LogP contribution in [0.5, 0.6) is 0 Å². The lowest BCUT2D eigenvalue weighted by Crippen LogP contribution is -2.24. The van der Waals surface area contributed by atoms with Gasteiger partial charge in [-0.15, -0.1) is 11.3 Å². The molecule has 3 heterocycles. The lowest BCUT2D eigenvalue weighted by molar-refractivity contribution is 1.00. The number of hydrogen-bond donors (Lipinski definition) is 0. The van der Waals surface area contributed by atoms with Crippen molar-refractivity contribution in [3.8, 4) is 27.6 Å². The summed E-state index contributed by atoms with van der Waals surface area (Å²) in [6, 6.07) is 14.7. The number of allylic oxidation sites excluding steroid dienone is 12. The van der Waals surface area contributed by atoms with Crippen LogP contribution in [0.4, 0.5) is 0 Å². The second-order valence-corrected chi connectivity index (χ2v) is 12.7. The largest absolute Gasteiger partial charge is 0.322 e. The third-order valence-electron chi connectivity index (χ3n) is 8.08. The molecule has 0 atom stereocenters. The van der Waals surface area contributed by atoms with Crippen LogP contribution in [0.3, 0.4) is 0 Å². The molecule has 0 N–H and O–H groups in total. The number of hydrogen-bond acceptors (Lipinski definition) is 6. The minimum atomic E-state index is 0.516. The maximum absolute atomic E-state index is 5.35. The molecule has 8 heteroatoms. The average molecular weight is 702 g/mol. The van der Waals surface area contributed by atoms with Crippen LogP contribution in [-0.4, -0.2) is 37.2 Å². The zero-order chi connectivity index (χ0) is 36.3. The van der Waals surface area contributed by atoms with Gasteiger partial charge in [-0.05, 0) is 73.9 Å². The Hall–Kier alpha value is -5.57. The molecule has 2 aromatic carbocycles. The van der Waals surface area contributed by atoms with Crippen LogP contribution in [0, 0.1) is 0 Å². The molecule has 252 valence electrons. The molecule has 0 aliphatic carbocycles. The van der Waals surface area contributed by atoms with Crippen molar-refractivity contribution in [1.29, 1.82) is 0 Å². The smallest absolute Gasteiger partial charge is 0.177 e. The predicted octanol–water partition coefficient (Wildman–Crippen LogP) is 10.7. The summed E-state index contributed by atoms with van der Waals surface area (Å²) in [6.07, 6.45) is 25.3. The molecule has 0 radical (unpaired) electrons. The first kappa shape index (κ1) is 36.7. The molecule has 3 aromatic heterocycles. The van der Waals surface area contributed by atoms with Crippen LogP contribution < -0.4 is 5.59 Å². The van der Waals surface area contributed by atoms with Crippen LogP contribution in [0.1, 0.15) is 49.2 Å². The molecule has 0 spiro atoms. The molecule has 0 saturated carbocycles. The summed E-state index contributed by atoms with van der Waals surface area (Å²) in [5.41, 5.74) is 10.1. The fourth-order valence-electron chi connectivity index (χ4n) is 5.71. The van der Waals surface area contributed by atoms with Crippen molar-refractivity contribution < 1.29 is 0 Å². The van der Waals surface area contributed by atoms with Gasteiger partial charge in [0, 0.05) is 33.3 Å². The third-order valence-corrected chi connectivity index (χ3v) is 9.40. The average Bonchev–Trinajstić information content (AvgIpc) is 3.72. The predicted molar refractivity (Wildman–Crippen MR) is 229 cm³/mol. The van der Waals surface area contributed by atoms with Crippen molar-refractivity contribution in [2.75, 3.05) is 0 Å². The highest BCUT2D eigenvalue weighted by Gasteiger charge is 2.19. The third kappa shape index (κ3) is 8.09. The summed E-state index contributed by atoms with van der Waals surface area (Å²) in [4.78, 5) is 19.6. The van der Waals surface area contributed by atoms with E-state index < -0.39 is 0 Å². The molecule has 0 aliphatic rings. The van der Waals surface area contributed by atoms with Gasteiger partial charge in [0.25, 0.3) is 0 Å². The van der Waals surface area contributed by atoms with Gasteiger partial charge in [0.05, 0.1) is 15.9 Å². The second kappa shape index (κ2) is 17.4. The van der Waals surface area contributed by atoms with Crippen molar-refractivity contribution in [1.82, 2.24) is 24.5 Å². The fourth-order valence-corrected chi connectivity index (χ4v) is 6.89. The summed E-state index contributed by atoms with van der Waals surface area (Å²) < 4.78 is 3.36. The van der Waals surface area contributed by atoms with Crippen molar-refractivity contribution in [3.63, 3.8) is 0 Å². The quantitative estimate of drug-likeness (QED) is 0.0499. The highest BCUT2D eigenvalue weighted by Crippen LogP contribution is 2.34. The number of benzene rings is 2. The van der Waals surface area contributed by atoms with Crippen LogP contribution in [0.25, 0.3) is 67.2 Å². The second-order valence-electron chi connectivity index (χ2n) is 11.4. The van der Waals surface area contributed by atoms with Crippen LogP contribution in [-0.2, 0) is 0 Å². The number of fused-ring (bicyclic) bond motifs is 1. The molecule has 0 amide bonds. The van der Waals surface area contributed by atoms with Gasteiger partial charge >= 0.3 is 0 Å². The van der Waals surface area contributed by atoms with E-state index in [4.69, 9.17) is 32.2 Å². The lowest BCUT2D eigenvalue weighted by Gasteiger charge is -2.13. The Morgan fingerprint density at radius 3 is 2.33 bits per heavy atom. The minimum absolute atomic E-state index is 0.516. The maximum atomic E-state index is 5.35. The van der Waals surface area contributed by atoms with Crippen molar-refractivity contribution in [2.45, 2.75) is 27.6 Å². The maximum Gasteiger partial charge on any atom is 0.177 e. The Morgan fingerprint density at radius 2 is 1.63 bits per heavy atom. The van der Waals surface area contributed by atoms with Gasteiger partial charge in [-0.1, -0.05) is 124 Å². The van der Waals surface area contributed by atoms with Crippen molar-refractivity contribution >= 4 is 81.4 Å². The van der Waals surface area contributed by atoms with Gasteiger partial charge in [-0.25, -0.2) is 19.9 Å². The Labute approximate surface area is 311 Å². The number of thiocarbonyl (C=S) groups is 1. The summed E-state index contributed by atoms with van der Waals surface area (Å²) in [5, 5.41) is 2.53. The normalized spacial score (nSPS) is 12.5. The van der Waals surface area contributed by atoms with Gasteiger partial charge in [0.15, 0.2) is 24.8 Å². The first-order valence-corrected chi connectivity index (χ1v) is 18.0. The Kier molecular flexibility index (Phi) is 12.5. The van der Waals surface area contributed by atoms with E-state index in [0.29, 0.717) is 17.5 Å². The van der Waals surface area contributed by atoms with E-state index in [0.717, 1.165) is 67.3 Å². The van der Waals surface area contributed by atoms with Gasteiger partial charge in [-0.3, -0.25) is 0 Å². The van der Waals surface area contributed by atoms with Gasteiger partial charge < -0.3 is 4.57 Å². The zero-order valence-electron chi connectivity index (χ0n) is 29.5. The van der Waals surface area contributed by atoms with Gasteiger partial charge in [0.2, 0.25) is 0 Å². The topological polar surface area (TPSA) is 56.5 Å².